The molecule has 24 heavy (non-hydrogen) atoms. The molecule has 7 heteroatoms. The number of nitrogens with two attached hydrogens (primary N) is 1. The summed E-state index contributed by atoms with van der Waals surface area (Å²) < 4.78 is 42.1. The van der Waals surface area contributed by atoms with Crippen LogP contribution in [0, 0.1) is 0 Å². The van der Waals surface area contributed by atoms with E-state index in [0.29, 0.717) is 21.8 Å². The van der Waals surface area contributed by atoms with Crippen molar-refractivity contribution in [1.82, 2.24) is 4.98 Å². The maximum absolute atomic E-state index is 12.6. The zero-order valence-corrected chi connectivity index (χ0v) is 13.0. The summed E-state index contributed by atoms with van der Waals surface area (Å²) in [6.45, 7) is 0.116. The molecule has 124 valence electrons. The first-order valence-electron chi connectivity index (χ1n) is 7.02. The van der Waals surface area contributed by atoms with Crippen molar-refractivity contribution in [1.29, 1.82) is 0 Å². The topological polar surface area (TPSA) is 48.1 Å². The molecule has 0 aliphatic rings. The minimum atomic E-state index is -4.80. The first-order valence-corrected chi connectivity index (χ1v) is 7.40. The summed E-state index contributed by atoms with van der Waals surface area (Å²) in [5.74, 6) is -0.335. The summed E-state index contributed by atoms with van der Waals surface area (Å²) in [7, 11) is 0. The predicted molar refractivity (Wildman–Crippen MR) is 86.8 cm³/mol. The van der Waals surface area contributed by atoms with E-state index in [2.05, 4.69) is 9.72 Å². The van der Waals surface area contributed by atoms with Crippen LogP contribution in [-0.4, -0.2) is 11.3 Å². The molecule has 0 radical (unpaired) electrons. The van der Waals surface area contributed by atoms with Gasteiger partial charge in [-0.05, 0) is 29.8 Å². The van der Waals surface area contributed by atoms with Crippen molar-refractivity contribution in [3.63, 3.8) is 0 Å². The van der Waals surface area contributed by atoms with Crippen LogP contribution in [0.1, 0.15) is 5.56 Å². The van der Waals surface area contributed by atoms with Crippen LogP contribution in [0.3, 0.4) is 0 Å². The van der Waals surface area contributed by atoms with Crippen molar-refractivity contribution in [2.75, 3.05) is 0 Å². The summed E-state index contributed by atoms with van der Waals surface area (Å²) in [5, 5.41) is 1.17. The molecule has 0 unspecified atom stereocenters. The Morgan fingerprint density at radius 3 is 2.54 bits per heavy atom. The smallest absolute Gasteiger partial charge is 0.405 e. The number of nitrogens with zero attached hydrogens (tertiary/aromatic N) is 1. The number of pyridine rings is 1. The van der Waals surface area contributed by atoms with Crippen LogP contribution in [0.4, 0.5) is 13.2 Å². The van der Waals surface area contributed by atoms with Crippen molar-refractivity contribution >= 4 is 22.5 Å². The van der Waals surface area contributed by atoms with Gasteiger partial charge in [0.1, 0.15) is 5.75 Å². The molecule has 3 nitrogen and oxygen atoms in total. The lowest BCUT2D eigenvalue weighted by Gasteiger charge is -2.15. The summed E-state index contributed by atoms with van der Waals surface area (Å²) in [6, 6.07) is 12.8. The number of hydrogen-bond donors (Lipinski definition) is 1. The first-order chi connectivity index (χ1) is 11.4. The SMILES string of the molecule is NCc1cc2cccc(Cl)c2nc1-c1ccccc1OC(F)(F)F. The third-order valence-electron chi connectivity index (χ3n) is 3.46. The highest BCUT2D eigenvalue weighted by atomic mass is 35.5. The van der Waals surface area contributed by atoms with E-state index < -0.39 is 6.36 Å². The molecule has 1 heterocycles. The first kappa shape index (κ1) is 16.5. The maximum atomic E-state index is 12.6. The molecule has 0 bridgehead atoms. The molecule has 0 spiro atoms. The molecule has 0 aliphatic heterocycles. The minimum absolute atomic E-state index is 0.116. The van der Waals surface area contributed by atoms with Crippen LogP contribution in [-0.2, 0) is 6.54 Å². The molecular formula is C17H12ClF3N2O. The highest BCUT2D eigenvalue weighted by Crippen LogP contribution is 2.36. The van der Waals surface area contributed by atoms with E-state index >= 15 is 0 Å². The maximum Gasteiger partial charge on any atom is 0.573 e. The second-order valence-electron chi connectivity index (χ2n) is 5.06. The van der Waals surface area contributed by atoms with Crippen molar-refractivity contribution in [3.8, 4) is 17.0 Å². The predicted octanol–water partition coefficient (Wildman–Crippen LogP) is 4.91. The van der Waals surface area contributed by atoms with Gasteiger partial charge in [-0.1, -0.05) is 35.9 Å². The fourth-order valence-electron chi connectivity index (χ4n) is 2.47. The van der Waals surface area contributed by atoms with Crippen LogP contribution in [0.5, 0.6) is 5.75 Å². The van der Waals surface area contributed by atoms with Crippen LogP contribution < -0.4 is 10.5 Å². The van der Waals surface area contributed by atoms with Crippen LogP contribution in [0.25, 0.3) is 22.2 Å². The normalized spacial score (nSPS) is 11.7. The molecule has 0 saturated heterocycles. The Morgan fingerprint density at radius 2 is 1.83 bits per heavy atom. The third kappa shape index (κ3) is 3.29. The van der Waals surface area contributed by atoms with E-state index in [9.17, 15) is 13.2 Å². The number of halogens is 4. The summed E-state index contributed by atoms with van der Waals surface area (Å²) in [4.78, 5) is 4.45. The molecule has 0 amide bonds. The monoisotopic (exact) mass is 352 g/mol. The van der Waals surface area contributed by atoms with Gasteiger partial charge in [-0.15, -0.1) is 13.2 Å². The molecule has 0 fully saturated rings. The Bertz CT molecular complexity index is 897. The van der Waals surface area contributed by atoms with Crippen LogP contribution in [0.2, 0.25) is 5.02 Å². The Kier molecular flexibility index (Phi) is 4.34. The van der Waals surface area contributed by atoms with E-state index in [1.807, 2.05) is 6.07 Å². The van der Waals surface area contributed by atoms with E-state index in [0.717, 1.165) is 5.39 Å². The van der Waals surface area contributed by atoms with E-state index in [-0.39, 0.29) is 17.9 Å². The van der Waals surface area contributed by atoms with Gasteiger partial charge in [0.05, 0.1) is 16.2 Å². The highest BCUT2D eigenvalue weighted by molar-refractivity contribution is 6.35. The molecule has 0 saturated carbocycles. The quantitative estimate of drug-likeness (QED) is 0.728. The van der Waals surface area contributed by atoms with Crippen molar-refractivity contribution in [2.24, 2.45) is 5.73 Å². The average molecular weight is 353 g/mol. The van der Waals surface area contributed by atoms with Gasteiger partial charge in [0.2, 0.25) is 0 Å². The largest absolute Gasteiger partial charge is 0.573 e. The number of aromatic nitrogens is 1. The fourth-order valence-corrected chi connectivity index (χ4v) is 2.69. The minimum Gasteiger partial charge on any atom is -0.405 e. The van der Waals surface area contributed by atoms with Crippen molar-refractivity contribution in [3.05, 3.63) is 59.1 Å². The van der Waals surface area contributed by atoms with Crippen molar-refractivity contribution in [2.45, 2.75) is 12.9 Å². The number of rotatable bonds is 3. The molecule has 2 aromatic carbocycles. The van der Waals surface area contributed by atoms with Gasteiger partial charge in [-0.3, -0.25) is 0 Å². The Morgan fingerprint density at radius 1 is 1.08 bits per heavy atom. The second kappa shape index (κ2) is 6.30. The van der Waals surface area contributed by atoms with E-state index in [4.69, 9.17) is 17.3 Å². The number of fused-ring (bicyclic) bond motifs is 1. The Balaban J connectivity index is 2.24. The number of hydrogen-bond acceptors (Lipinski definition) is 3. The lowest BCUT2D eigenvalue weighted by Crippen LogP contribution is -2.17. The van der Waals surface area contributed by atoms with E-state index in [1.54, 1.807) is 24.3 Å². The Labute approximate surface area is 140 Å². The van der Waals surface area contributed by atoms with Crippen LogP contribution in [0.15, 0.2) is 48.5 Å². The molecule has 2 N–H and O–H groups in total. The average Bonchev–Trinajstić information content (AvgIpc) is 2.53. The molecule has 1 aromatic heterocycles. The molecule has 3 rings (SSSR count). The molecular weight excluding hydrogens is 341 g/mol. The van der Waals surface area contributed by atoms with Gasteiger partial charge in [0.15, 0.2) is 0 Å². The number of benzene rings is 2. The lowest BCUT2D eigenvalue weighted by atomic mass is 10.0. The number of para-hydroxylation sites is 2. The molecule has 0 aliphatic carbocycles. The fraction of sp³-hybridized carbons (Fsp3) is 0.118. The molecule has 0 atom stereocenters. The van der Waals surface area contributed by atoms with E-state index in [1.165, 1.54) is 18.2 Å². The van der Waals surface area contributed by atoms with Crippen LogP contribution >= 0.6 is 11.6 Å². The van der Waals surface area contributed by atoms with Crippen molar-refractivity contribution < 1.29 is 17.9 Å². The third-order valence-corrected chi connectivity index (χ3v) is 3.77. The highest BCUT2D eigenvalue weighted by Gasteiger charge is 2.32. The van der Waals surface area contributed by atoms with Gasteiger partial charge >= 0.3 is 6.36 Å². The standard InChI is InChI=1S/C17H12ClF3N2O/c18-13-6-3-4-10-8-11(9-22)15(23-16(10)13)12-5-1-2-7-14(12)24-17(19,20)21/h1-8H,9,22H2. The zero-order valence-electron chi connectivity index (χ0n) is 12.3. The lowest BCUT2D eigenvalue weighted by molar-refractivity contribution is -0.274. The number of alkyl halides is 3. The second-order valence-corrected chi connectivity index (χ2v) is 5.46. The van der Waals surface area contributed by atoms with Gasteiger partial charge in [0.25, 0.3) is 0 Å². The van der Waals surface area contributed by atoms with Gasteiger partial charge in [0, 0.05) is 17.5 Å². The van der Waals surface area contributed by atoms with Gasteiger partial charge < -0.3 is 10.5 Å². The zero-order chi connectivity index (χ0) is 17.3. The number of ether oxygens (including phenoxy) is 1. The van der Waals surface area contributed by atoms with Gasteiger partial charge in [-0.25, -0.2) is 4.98 Å². The summed E-state index contributed by atoms with van der Waals surface area (Å²) in [5.41, 5.74) is 7.38. The summed E-state index contributed by atoms with van der Waals surface area (Å²) >= 11 is 6.15. The summed E-state index contributed by atoms with van der Waals surface area (Å²) in [6.07, 6.45) is -4.80. The molecule has 3 aromatic rings. The van der Waals surface area contributed by atoms with Gasteiger partial charge in [-0.2, -0.15) is 0 Å². The Hall–Kier alpha value is -2.31.